The van der Waals surface area contributed by atoms with Gasteiger partial charge in [0.15, 0.2) is 5.75 Å². The second kappa shape index (κ2) is 7.33. The molecule has 0 radical (unpaired) electrons. The molecule has 30 heavy (non-hydrogen) atoms. The molecule has 7 heteroatoms. The van der Waals surface area contributed by atoms with E-state index < -0.39 is 0 Å². The molecule has 1 aliphatic carbocycles. The van der Waals surface area contributed by atoms with E-state index in [2.05, 4.69) is 4.98 Å². The van der Waals surface area contributed by atoms with E-state index in [0.29, 0.717) is 0 Å². The highest BCUT2D eigenvalue weighted by atomic mass is 35.5. The molecule has 1 aliphatic rings. The van der Waals surface area contributed by atoms with Gasteiger partial charge in [0.2, 0.25) is 0 Å². The predicted octanol–water partition coefficient (Wildman–Crippen LogP) is 6.07. The van der Waals surface area contributed by atoms with Crippen molar-refractivity contribution in [1.82, 2.24) is 14.1 Å². The Hall–Kier alpha value is -2.50. The standard InChI is InChI=1S/C23H21Cl2N3O2/c1-27-20-12-26-19-8-7-13(14-10-17(24)22(29)18(25)11-14)9-16(19)21(20)28(23(27)30)15-5-3-2-4-6-15/h7-12,15,29H,2-6H2,1H3. The van der Waals surface area contributed by atoms with Crippen LogP contribution in [-0.2, 0) is 7.05 Å². The Labute approximate surface area is 183 Å². The van der Waals surface area contributed by atoms with E-state index in [0.717, 1.165) is 58.7 Å². The topological polar surface area (TPSA) is 60.0 Å². The summed E-state index contributed by atoms with van der Waals surface area (Å²) in [5.74, 6) is -0.124. The van der Waals surface area contributed by atoms with E-state index in [1.807, 2.05) is 22.8 Å². The number of hydrogen-bond acceptors (Lipinski definition) is 3. The molecule has 5 nitrogen and oxygen atoms in total. The van der Waals surface area contributed by atoms with Crippen molar-refractivity contribution in [1.29, 1.82) is 0 Å². The number of hydrogen-bond donors (Lipinski definition) is 1. The van der Waals surface area contributed by atoms with Crippen LogP contribution in [0.25, 0.3) is 33.1 Å². The van der Waals surface area contributed by atoms with Crippen LogP contribution in [0.5, 0.6) is 5.75 Å². The summed E-state index contributed by atoms with van der Waals surface area (Å²) in [6.07, 6.45) is 7.34. The van der Waals surface area contributed by atoms with Crippen LogP contribution in [0.15, 0.2) is 41.3 Å². The molecule has 1 N–H and O–H groups in total. The molecule has 0 aliphatic heterocycles. The SMILES string of the molecule is Cn1c(=O)n(C2CCCCC2)c2c3cc(-c4cc(Cl)c(O)c(Cl)c4)ccc3ncc21. The van der Waals surface area contributed by atoms with Crippen LogP contribution < -0.4 is 5.69 Å². The highest BCUT2D eigenvalue weighted by molar-refractivity contribution is 6.37. The molecular weight excluding hydrogens is 421 g/mol. The van der Waals surface area contributed by atoms with Crippen LogP contribution in [0, 0.1) is 0 Å². The molecule has 0 atom stereocenters. The van der Waals surface area contributed by atoms with Crippen molar-refractivity contribution >= 4 is 45.1 Å². The molecule has 2 aromatic carbocycles. The van der Waals surface area contributed by atoms with Crippen LogP contribution in [0.3, 0.4) is 0 Å². The summed E-state index contributed by atoms with van der Waals surface area (Å²) < 4.78 is 3.66. The first-order valence-corrected chi connectivity index (χ1v) is 10.9. The van der Waals surface area contributed by atoms with Gasteiger partial charge in [-0.2, -0.15) is 0 Å². The number of fused-ring (bicyclic) bond motifs is 3. The molecule has 0 saturated heterocycles. The summed E-state index contributed by atoms with van der Waals surface area (Å²) in [7, 11) is 1.81. The van der Waals surface area contributed by atoms with E-state index in [1.54, 1.807) is 29.9 Å². The number of halogens is 2. The maximum atomic E-state index is 13.1. The largest absolute Gasteiger partial charge is 0.505 e. The second-order valence-electron chi connectivity index (χ2n) is 8.02. The lowest BCUT2D eigenvalue weighted by molar-refractivity contribution is 0.351. The molecule has 1 saturated carbocycles. The maximum Gasteiger partial charge on any atom is 0.329 e. The lowest BCUT2D eigenvalue weighted by Crippen LogP contribution is -2.27. The molecule has 0 spiro atoms. The fraction of sp³-hybridized carbons (Fsp3) is 0.304. The number of benzene rings is 2. The Kier molecular flexibility index (Phi) is 4.75. The number of aryl methyl sites for hydroxylation is 1. The number of pyridine rings is 1. The monoisotopic (exact) mass is 441 g/mol. The lowest BCUT2D eigenvalue weighted by Gasteiger charge is -2.23. The summed E-state index contributed by atoms with van der Waals surface area (Å²) >= 11 is 12.3. The van der Waals surface area contributed by atoms with E-state index in [1.165, 1.54) is 6.42 Å². The van der Waals surface area contributed by atoms with Crippen molar-refractivity contribution in [3.05, 3.63) is 57.1 Å². The first-order chi connectivity index (χ1) is 14.5. The number of phenols is 1. The number of imidazole rings is 1. The van der Waals surface area contributed by atoms with Gasteiger partial charge in [0.25, 0.3) is 0 Å². The summed E-state index contributed by atoms with van der Waals surface area (Å²) in [6, 6.07) is 9.52. The zero-order valence-corrected chi connectivity index (χ0v) is 18.0. The number of phenolic OH excluding ortho intramolecular Hbond substituents is 1. The summed E-state index contributed by atoms with van der Waals surface area (Å²) in [5, 5.41) is 11.2. The van der Waals surface area contributed by atoms with Gasteiger partial charge in [-0.05, 0) is 48.2 Å². The van der Waals surface area contributed by atoms with Gasteiger partial charge in [-0.1, -0.05) is 48.5 Å². The first kappa shape index (κ1) is 19.5. The molecule has 2 heterocycles. The molecule has 0 unspecified atom stereocenters. The average Bonchev–Trinajstić information content (AvgIpc) is 3.02. The van der Waals surface area contributed by atoms with E-state index in [9.17, 15) is 9.90 Å². The van der Waals surface area contributed by atoms with Crippen LogP contribution in [0.4, 0.5) is 0 Å². The molecule has 154 valence electrons. The Balaban J connectivity index is 1.80. The minimum Gasteiger partial charge on any atom is -0.505 e. The van der Waals surface area contributed by atoms with E-state index in [-0.39, 0.29) is 27.5 Å². The van der Waals surface area contributed by atoms with Gasteiger partial charge in [0, 0.05) is 18.5 Å². The Bertz CT molecular complexity index is 1330. The third-order valence-electron chi connectivity index (χ3n) is 6.21. The highest BCUT2D eigenvalue weighted by Crippen LogP contribution is 2.38. The van der Waals surface area contributed by atoms with Gasteiger partial charge < -0.3 is 5.11 Å². The minimum atomic E-state index is -0.124. The van der Waals surface area contributed by atoms with Gasteiger partial charge in [0.05, 0.1) is 32.8 Å². The van der Waals surface area contributed by atoms with Crippen molar-refractivity contribution in [2.24, 2.45) is 7.05 Å². The van der Waals surface area contributed by atoms with Crippen LogP contribution in [-0.4, -0.2) is 19.2 Å². The van der Waals surface area contributed by atoms with Crippen molar-refractivity contribution in [3.63, 3.8) is 0 Å². The van der Waals surface area contributed by atoms with Crippen molar-refractivity contribution in [2.45, 2.75) is 38.1 Å². The third kappa shape index (κ3) is 2.99. The number of aromatic nitrogens is 3. The Morgan fingerprint density at radius 1 is 1.03 bits per heavy atom. The van der Waals surface area contributed by atoms with Crippen molar-refractivity contribution in [3.8, 4) is 16.9 Å². The molecular formula is C23H21Cl2N3O2. The Morgan fingerprint density at radius 2 is 1.73 bits per heavy atom. The average molecular weight is 442 g/mol. The quantitative estimate of drug-likeness (QED) is 0.410. The van der Waals surface area contributed by atoms with E-state index in [4.69, 9.17) is 23.2 Å². The van der Waals surface area contributed by atoms with Gasteiger partial charge in [-0.25, -0.2) is 4.79 Å². The molecule has 0 bridgehead atoms. The minimum absolute atomic E-state index is 0.00678. The van der Waals surface area contributed by atoms with Gasteiger partial charge in [-0.15, -0.1) is 0 Å². The smallest absolute Gasteiger partial charge is 0.329 e. The third-order valence-corrected chi connectivity index (χ3v) is 6.78. The number of rotatable bonds is 2. The van der Waals surface area contributed by atoms with Gasteiger partial charge in [0.1, 0.15) is 0 Å². The molecule has 1 fully saturated rings. The highest BCUT2D eigenvalue weighted by Gasteiger charge is 2.23. The summed E-state index contributed by atoms with van der Waals surface area (Å²) in [4.78, 5) is 17.7. The first-order valence-electron chi connectivity index (χ1n) is 10.1. The molecule has 2 aromatic heterocycles. The molecule has 0 amide bonds. The zero-order valence-electron chi connectivity index (χ0n) is 16.5. The summed E-state index contributed by atoms with van der Waals surface area (Å²) in [5.41, 5.74) is 4.29. The lowest BCUT2D eigenvalue weighted by atomic mass is 9.95. The van der Waals surface area contributed by atoms with Crippen molar-refractivity contribution in [2.75, 3.05) is 0 Å². The fourth-order valence-corrected chi connectivity index (χ4v) is 5.10. The van der Waals surface area contributed by atoms with Crippen LogP contribution in [0.1, 0.15) is 38.1 Å². The molecule has 4 aromatic rings. The predicted molar refractivity (Wildman–Crippen MR) is 122 cm³/mol. The normalized spacial score (nSPS) is 15.3. The fourth-order valence-electron chi connectivity index (χ4n) is 4.62. The maximum absolute atomic E-state index is 13.1. The molecule has 5 rings (SSSR count). The Morgan fingerprint density at radius 3 is 2.43 bits per heavy atom. The van der Waals surface area contributed by atoms with Crippen LogP contribution >= 0.6 is 23.2 Å². The number of nitrogens with zero attached hydrogens (tertiary/aromatic N) is 3. The van der Waals surface area contributed by atoms with Gasteiger partial charge in [-0.3, -0.25) is 14.1 Å². The van der Waals surface area contributed by atoms with Crippen molar-refractivity contribution < 1.29 is 5.11 Å². The zero-order chi connectivity index (χ0) is 21.0. The second-order valence-corrected chi connectivity index (χ2v) is 8.83. The number of aromatic hydroxyl groups is 1. The van der Waals surface area contributed by atoms with E-state index >= 15 is 0 Å². The van der Waals surface area contributed by atoms with Crippen LogP contribution in [0.2, 0.25) is 10.0 Å². The van der Waals surface area contributed by atoms with Gasteiger partial charge >= 0.3 is 5.69 Å². The summed E-state index contributed by atoms with van der Waals surface area (Å²) in [6.45, 7) is 0.